The summed E-state index contributed by atoms with van der Waals surface area (Å²) in [6.45, 7) is 8.61. The van der Waals surface area contributed by atoms with E-state index >= 15 is 0 Å². The summed E-state index contributed by atoms with van der Waals surface area (Å²) in [5.41, 5.74) is 0. The van der Waals surface area contributed by atoms with E-state index in [0.717, 1.165) is 26.1 Å². The Balaban J connectivity index is 3.71. The molecule has 0 aromatic carbocycles. The summed E-state index contributed by atoms with van der Waals surface area (Å²) in [6.07, 6.45) is 2.23. The molecule has 3 nitrogen and oxygen atoms in total. The van der Waals surface area contributed by atoms with Crippen molar-refractivity contribution in [1.82, 2.24) is 4.90 Å². The number of hydrogen-bond acceptors (Lipinski definition) is 3. The third-order valence-corrected chi connectivity index (χ3v) is 2.52. The van der Waals surface area contributed by atoms with Crippen molar-refractivity contribution >= 4 is 5.78 Å². The second-order valence-electron chi connectivity index (χ2n) is 3.92. The van der Waals surface area contributed by atoms with Gasteiger partial charge in [-0.3, -0.25) is 4.79 Å². The van der Waals surface area contributed by atoms with Gasteiger partial charge in [-0.2, -0.15) is 5.26 Å². The van der Waals surface area contributed by atoms with Gasteiger partial charge in [0.2, 0.25) is 0 Å². The highest BCUT2D eigenvalue weighted by Gasteiger charge is 2.08. The molecular weight excluding hydrogens is 188 g/mol. The highest BCUT2D eigenvalue weighted by atomic mass is 16.1. The van der Waals surface area contributed by atoms with E-state index in [0.29, 0.717) is 18.6 Å². The van der Waals surface area contributed by atoms with Crippen molar-refractivity contribution in [2.24, 2.45) is 5.92 Å². The Kier molecular flexibility index (Phi) is 7.94. The predicted octanol–water partition coefficient (Wildman–Crippen LogP) is 2.23. The Morgan fingerprint density at radius 1 is 1.47 bits per heavy atom. The number of hydrogen-bond donors (Lipinski definition) is 0. The molecule has 0 fully saturated rings. The molecule has 15 heavy (non-hydrogen) atoms. The second-order valence-corrected chi connectivity index (χ2v) is 3.92. The lowest BCUT2D eigenvalue weighted by atomic mass is 10.1. The second kappa shape index (κ2) is 8.43. The minimum absolute atomic E-state index is 0.0758. The van der Waals surface area contributed by atoms with Gasteiger partial charge in [0.1, 0.15) is 5.78 Å². The average molecular weight is 210 g/mol. The van der Waals surface area contributed by atoms with Gasteiger partial charge in [-0.25, -0.2) is 0 Å². The summed E-state index contributed by atoms with van der Waals surface area (Å²) in [7, 11) is 0. The zero-order chi connectivity index (χ0) is 11.7. The van der Waals surface area contributed by atoms with E-state index in [1.807, 2.05) is 13.8 Å². The monoisotopic (exact) mass is 210 g/mol. The molecule has 0 rings (SSSR count). The van der Waals surface area contributed by atoms with Crippen molar-refractivity contribution in [1.29, 1.82) is 5.26 Å². The maximum absolute atomic E-state index is 11.1. The Bertz CT molecular complexity index is 220. The Morgan fingerprint density at radius 3 is 2.60 bits per heavy atom. The molecule has 0 N–H and O–H groups in total. The maximum Gasteiger partial charge on any atom is 0.132 e. The fourth-order valence-corrected chi connectivity index (χ4v) is 1.48. The molecule has 3 heteroatoms. The minimum atomic E-state index is 0.0758. The number of ketones is 1. The van der Waals surface area contributed by atoms with Gasteiger partial charge >= 0.3 is 0 Å². The van der Waals surface area contributed by atoms with Crippen molar-refractivity contribution in [3.8, 4) is 6.07 Å². The number of nitrogens with zero attached hydrogens (tertiary/aromatic N) is 2. The number of carbonyl (C=O) groups is 1. The first-order valence-electron chi connectivity index (χ1n) is 5.77. The minimum Gasteiger partial charge on any atom is -0.302 e. The van der Waals surface area contributed by atoms with E-state index in [2.05, 4.69) is 17.9 Å². The van der Waals surface area contributed by atoms with Crippen LogP contribution in [0.25, 0.3) is 0 Å². The summed E-state index contributed by atoms with van der Waals surface area (Å²) >= 11 is 0. The lowest BCUT2D eigenvalue weighted by molar-refractivity contribution is -0.118. The fourth-order valence-electron chi connectivity index (χ4n) is 1.48. The Morgan fingerprint density at radius 2 is 2.13 bits per heavy atom. The lowest BCUT2D eigenvalue weighted by Gasteiger charge is -2.20. The molecule has 0 aromatic heterocycles. The van der Waals surface area contributed by atoms with Crippen LogP contribution in [0.2, 0.25) is 0 Å². The summed E-state index contributed by atoms with van der Waals surface area (Å²) < 4.78 is 0. The maximum atomic E-state index is 11.1. The molecular formula is C12H22N2O. The van der Waals surface area contributed by atoms with E-state index in [9.17, 15) is 4.79 Å². The van der Waals surface area contributed by atoms with Crippen LogP contribution in [0.3, 0.4) is 0 Å². The largest absolute Gasteiger partial charge is 0.302 e. The van der Waals surface area contributed by atoms with Gasteiger partial charge in [-0.1, -0.05) is 13.8 Å². The molecule has 86 valence electrons. The zero-order valence-corrected chi connectivity index (χ0v) is 10.1. The summed E-state index contributed by atoms with van der Waals surface area (Å²) in [6, 6.07) is 2.23. The van der Waals surface area contributed by atoms with Gasteiger partial charge in [-0.05, 0) is 26.4 Å². The molecule has 1 unspecified atom stereocenters. The summed E-state index contributed by atoms with van der Waals surface area (Å²) in [5.74, 6) is 0.409. The molecule has 0 saturated carbocycles. The molecule has 0 saturated heterocycles. The van der Waals surface area contributed by atoms with Crippen LogP contribution in [0.15, 0.2) is 0 Å². The van der Waals surface area contributed by atoms with Crippen molar-refractivity contribution in [2.45, 2.75) is 40.0 Å². The molecule has 0 aliphatic carbocycles. The molecule has 0 aliphatic heterocycles. The molecule has 0 spiro atoms. The zero-order valence-electron chi connectivity index (χ0n) is 10.1. The first-order chi connectivity index (χ1) is 7.13. The molecule has 0 aromatic rings. The van der Waals surface area contributed by atoms with Crippen molar-refractivity contribution in [3.63, 3.8) is 0 Å². The molecule has 0 amide bonds. The highest BCUT2D eigenvalue weighted by Crippen LogP contribution is 2.02. The number of nitriles is 1. The third-order valence-electron chi connectivity index (χ3n) is 2.52. The lowest BCUT2D eigenvalue weighted by Crippen LogP contribution is -2.29. The molecule has 0 heterocycles. The SMILES string of the molecule is CCC(=O)CCCN(CC)CC(C)C#N. The van der Waals surface area contributed by atoms with Crippen LogP contribution in [0.5, 0.6) is 0 Å². The highest BCUT2D eigenvalue weighted by molar-refractivity contribution is 5.77. The molecule has 0 radical (unpaired) electrons. The van der Waals surface area contributed by atoms with Crippen LogP contribution in [0, 0.1) is 17.2 Å². The van der Waals surface area contributed by atoms with Crippen LogP contribution in [0.4, 0.5) is 0 Å². The molecule has 0 bridgehead atoms. The normalized spacial score (nSPS) is 12.5. The van der Waals surface area contributed by atoms with Crippen molar-refractivity contribution < 1.29 is 4.79 Å². The molecule has 1 atom stereocenters. The number of carbonyl (C=O) groups excluding carboxylic acids is 1. The Labute approximate surface area is 93.1 Å². The van der Waals surface area contributed by atoms with Crippen LogP contribution in [-0.2, 0) is 4.79 Å². The first kappa shape index (κ1) is 14.1. The summed E-state index contributed by atoms with van der Waals surface area (Å²) in [5, 5.41) is 8.70. The topological polar surface area (TPSA) is 44.1 Å². The van der Waals surface area contributed by atoms with Gasteiger partial charge in [0.25, 0.3) is 0 Å². The van der Waals surface area contributed by atoms with Crippen LogP contribution >= 0.6 is 0 Å². The van der Waals surface area contributed by atoms with Gasteiger partial charge in [0.05, 0.1) is 12.0 Å². The first-order valence-corrected chi connectivity index (χ1v) is 5.77. The quantitative estimate of drug-likeness (QED) is 0.617. The van der Waals surface area contributed by atoms with E-state index < -0.39 is 0 Å². The summed E-state index contributed by atoms with van der Waals surface area (Å²) in [4.78, 5) is 13.3. The smallest absolute Gasteiger partial charge is 0.132 e. The molecule has 0 aliphatic rings. The standard InChI is InChI=1S/C12H22N2O/c1-4-12(15)7-6-8-14(5-2)10-11(3)9-13/h11H,4-8,10H2,1-3H3. The number of Topliss-reactive ketones (excluding diaryl/α,β-unsaturated/α-hetero) is 1. The van der Waals surface area contributed by atoms with E-state index in [1.165, 1.54) is 0 Å². The van der Waals surface area contributed by atoms with E-state index in [1.54, 1.807) is 0 Å². The fraction of sp³-hybridized carbons (Fsp3) is 0.833. The van der Waals surface area contributed by atoms with E-state index in [-0.39, 0.29) is 5.92 Å². The van der Waals surface area contributed by atoms with Gasteiger partial charge in [0, 0.05) is 19.4 Å². The van der Waals surface area contributed by atoms with Crippen molar-refractivity contribution in [3.05, 3.63) is 0 Å². The third kappa shape index (κ3) is 7.10. The van der Waals surface area contributed by atoms with Crippen molar-refractivity contribution in [2.75, 3.05) is 19.6 Å². The van der Waals surface area contributed by atoms with E-state index in [4.69, 9.17) is 5.26 Å². The van der Waals surface area contributed by atoms with Crippen LogP contribution in [0.1, 0.15) is 40.0 Å². The van der Waals surface area contributed by atoms with Gasteiger partial charge in [0.15, 0.2) is 0 Å². The van der Waals surface area contributed by atoms with Gasteiger partial charge in [-0.15, -0.1) is 0 Å². The Hall–Kier alpha value is -0.880. The number of rotatable bonds is 8. The van der Waals surface area contributed by atoms with Crippen LogP contribution < -0.4 is 0 Å². The average Bonchev–Trinajstić information content (AvgIpc) is 2.26. The van der Waals surface area contributed by atoms with Gasteiger partial charge < -0.3 is 4.90 Å². The van der Waals surface area contributed by atoms with Crippen LogP contribution in [-0.4, -0.2) is 30.3 Å². The predicted molar refractivity (Wildman–Crippen MR) is 61.4 cm³/mol.